The first-order valence-electron chi connectivity index (χ1n) is 8.78. The van der Waals surface area contributed by atoms with Crippen molar-refractivity contribution in [3.8, 4) is 5.75 Å². The molecule has 0 spiro atoms. The van der Waals surface area contributed by atoms with Gasteiger partial charge in [-0.3, -0.25) is 4.90 Å². The quantitative estimate of drug-likeness (QED) is 0.814. The van der Waals surface area contributed by atoms with Gasteiger partial charge in [0, 0.05) is 30.4 Å². The summed E-state index contributed by atoms with van der Waals surface area (Å²) in [6, 6.07) is 8.64. The van der Waals surface area contributed by atoms with E-state index in [0.29, 0.717) is 12.1 Å². The normalized spacial score (nSPS) is 26.5. The van der Waals surface area contributed by atoms with E-state index in [2.05, 4.69) is 22.1 Å². The molecule has 1 aromatic carbocycles. The Morgan fingerprint density at radius 1 is 1.29 bits per heavy atom. The van der Waals surface area contributed by atoms with Crippen molar-refractivity contribution in [2.24, 2.45) is 0 Å². The van der Waals surface area contributed by atoms with E-state index in [1.54, 1.807) is 7.11 Å². The highest BCUT2D eigenvalue weighted by molar-refractivity contribution is 5.89. The Morgan fingerprint density at radius 3 is 2.54 bits per heavy atom. The van der Waals surface area contributed by atoms with Gasteiger partial charge in [0.2, 0.25) is 0 Å². The number of fused-ring (bicyclic) bond motifs is 2. The molecule has 2 aliphatic heterocycles. The second-order valence-electron chi connectivity index (χ2n) is 6.72. The third-order valence-corrected chi connectivity index (χ3v) is 5.15. The van der Waals surface area contributed by atoms with Crippen LogP contribution in [0.4, 0.5) is 10.5 Å². The first-order valence-corrected chi connectivity index (χ1v) is 8.78. The van der Waals surface area contributed by atoms with Crippen molar-refractivity contribution >= 4 is 11.7 Å². The molecule has 0 radical (unpaired) electrons. The van der Waals surface area contributed by atoms with Crippen LogP contribution in [0.15, 0.2) is 36.9 Å². The standard InChI is InChI=1S/C19H27N3O2/c1-3-11-22-16-5-4-6-17(22)13-15(12-16)21-19(23)20-14-7-9-18(24-2)10-8-14/h3,7-10,15-17H,1,4-6,11-13H2,2H3,(H2,20,21,23). The Balaban J connectivity index is 1.54. The average molecular weight is 329 g/mol. The zero-order valence-electron chi connectivity index (χ0n) is 14.3. The highest BCUT2D eigenvalue weighted by Gasteiger charge is 2.37. The highest BCUT2D eigenvalue weighted by atomic mass is 16.5. The van der Waals surface area contributed by atoms with Crippen LogP contribution < -0.4 is 15.4 Å². The fourth-order valence-electron chi connectivity index (χ4n) is 4.07. The molecule has 130 valence electrons. The summed E-state index contributed by atoms with van der Waals surface area (Å²) in [6.45, 7) is 4.84. The van der Waals surface area contributed by atoms with Crippen LogP contribution in [0.25, 0.3) is 0 Å². The van der Waals surface area contributed by atoms with Crippen molar-refractivity contribution in [1.82, 2.24) is 10.2 Å². The lowest BCUT2D eigenvalue weighted by Gasteiger charge is -2.48. The summed E-state index contributed by atoms with van der Waals surface area (Å²) in [5, 5.41) is 6.06. The Kier molecular flexibility index (Phi) is 5.41. The molecule has 0 aromatic heterocycles. The van der Waals surface area contributed by atoms with Gasteiger partial charge < -0.3 is 15.4 Å². The van der Waals surface area contributed by atoms with E-state index in [1.807, 2.05) is 30.3 Å². The van der Waals surface area contributed by atoms with Crippen LogP contribution in [0.3, 0.4) is 0 Å². The second kappa shape index (κ2) is 7.71. The van der Waals surface area contributed by atoms with Gasteiger partial charge in [0.05, 0.1) is 7.11 Å². The van der Waals surface area contributed by atoms with Gasteiger partial charge in [-0.05, 0) is 49.9 Å². The summed E-state index contributed by atoms with van der Waals surface area (Å²) in [5.41, 5.74) is 0.776. The number of amides is 2. The molecule has 2 heterocycles. The Labute approximate surface area is 144 Å². The summed E-state index contributed by atoms with van der Waals surface area (Å²) >= 11 is 0. The predicted octanol–water partition coefficient (Wildman–Crippen LogP) is 3.39. The van der Waals surface area contributed by atoms with Gasteiger partial charge in [-0.2, -0.15) is 0 Å². The Bertz CT molecular complexity index is 558. The molecule has 2 fully saturated rings. The van der Waals surface area contributed by atoms with Crippen molar-refractivity contribution in [1.29, 1.82) is 0 Å². The van der Waals surface area contributed by atoms with E-state index in [9.17, 15) is 4.79 Å². The number of nitrogens with zero attached hydrogens (tertiary/aromatic N) is 1. The van der Waals surface area contributed by atoms with Gasteiger partial charge >= 0.3 is 6.03 Å². The molecule has 0 saturated carbocycles. The minimum Gasteiger partial charge on any atom is -0.497 e. The van der Waals surface area contributed by atoms with Gasteiger partial charge in [-0.15, -0.1) is 6.58 Å². The van der Waals surface area contributed by atoms with Gasteiger partial charge in [0.15, 0.2) is 0 Å². The molecule has 2 unspecified atom stereocenters. The largest absolute Gasteiger partial charge is 0.497 e. The van der Waals surface area contributed by atoms with E-state index >= 15 is 0 Å². The number of urea groups is 1. The molecule has 2 amide bonds. The third kappa shape index (κ3) is 3.90. The smallest absolute Gasteiger partial charge is 0.319 e. The van der Waals surface area contributed by atoms with Crippen molar-refractivity contribution in [2.75, 3.05) is 19.0 Å². The van der Waals surface area contributed by atoms with Crippen LogP contribution in [0.5, 0.6) is 5.75 Å². The molecule has 2 aliphatic rings. The van der Waals surface area contributed by atoms with Crippen LogP contribution in [-0.2, 0) is 0 Å². The fourth-order valence-corrected chi connectivity index (χ4v) is 4.07. The molecule has 2 atom stereocenters. The number of anilines is 1. The van der Waals surface area contributed by atoms with E-state index in [0.717, 1.165) is 30.8 Å². The van der Waals surface area contributed by atoms with Gasteiger partial charge in [-0.1, -0.05) is 12.5 Å². The number of hydrogen-bond donors (Lipinski definition) is 2. The van der Waals surface area contributed by atoms with Crippen molar-refractivity contribution in [3.63, 3.8) is 0 Å². The number of carbonyl (C=O) groups excluding carboxylic acids is 1. The van der Waals surface area contributed by atoms with Crippen LogP contribution in [0.2, 0.25) is 0 Å². The molecule has 24 heavy (non-hydrogen) atoms. The number of methoxy groups -OCH3 is 1. The lowest BCUT2D eigenvalue weighted by molar-refractivity contribution is 0.0375. The lowest BCUT2D eigenvalue weighted by atomic mass is 9.82. The van der Waals surface area contributed by atoms with Gasteiger partial charge in [0.1, 0.15) is 5.75 Å². The summed E-state index contributed by atoms with van der Waals surface area (Å²) in [6.07, 6.45) is 7.80. The molecule has 5 nitrogen and oxygen atoms in total. The highest BCUT2D eigenvalue weighted by Crippen LogP contribution is 2.33. The molecule has 2 saturated heterocycles. The zero-order chi connectivity index (χ0) is 16.9. The minimum atomic E-state index is -0.125. The summed E-state index contributed by atoms with van der Waals surface area (Å²) in [5.74, 6) is 0.781. The number of hydrogen-bond acceptors (Lipinski definition) is 3. The first kappa shape index (κ1) is 16.8. The second-order valence-corrected chi connectivity index (χ2v) is 6.72. The van der Waals surface area contributed by atoms with Crippen molar-refractivity contribution in [2.45, 2.75) is 50.2 Å². The Hall–Kier alpha value is -2.01. The number of nitrogens with one attached hydrogen (secondary N) is 2. The molecule has 0 aliphatic carbocycles. The number of benzene rings is 1. The van der Waals surface area contributed by atoms with Crippen LogP contribution in [-0.4, -0.2) is 42.7 Å². The van der Waals surface area contributed by atoms with Crippen LogP contribution in [0, 0.1) is 0 Å². The molecule has 3 rings (SSSR count). The van der Waals surface area contributed by atoms with E-state index < -0.39 is 0 Å². The number of carbonyl (C=O) groups is 1. The zero-order valence-corrected chi connectivity index (χ0v) is 14.3. The van der Waals surface area contributed by atoms with Crippen molar-refractivity contribution < 1.29 is 9.53 Å². The molecule has 2 N–H and O–H groups in total. The van der Waals surface area contributed by atoms with E-state index in [1.165, 1.54) is 19.3 Å². The number of piperidine rings is 2. The van der Waals surface area contributed by atoms with Crippen molar-refractivity contribution in [3.05, 3.63) is 36.9 Å². The monoisotopic (exact) mass is 329 g/mol. The van der Waals surface area contributed by atoms with Crippen LogP contribution in [0.1, 0.15) is 32.1 Å². The predicted molar refractivity (Wildman–Crippen MR) is 96.5 cm³/mol. The summed E-state index contributed by atoms with van der Waals surface area (Å²) < 4.78 is 5.13. The van der Waals surface area contributed by atoms with Gasteiger partial charge in [0.25, 0.3) is 0 Å². The first-order chi connectivity index (χ1) is 11.7. The molecule has 1 aromatic rings. The summed E-state index contributed by atoms with van der Waals surface area (Å²) in [7, 11) is 1.63. The van der Waals surface area contributed by atoms with E-state index in [-0.39, 0.29) is 12.1 Å². The molecular weight excluding hydrogens is 302 g/mol. The maximum atomic E-state index is 12.3. The lowest BCUT2D eigenvalue weighted by Crippen LogP contribution is -2.57. The molecule has 2 bridgehead atoms. The fraction of sp³-hybridized carbons (Fsp3) is 0.526. The maximum absolute atomic E-state index is 12.3. The minimum absolute atomic E-state index is 0.125. The Morgan fingerprint density at radius 2 is 1.96 bits per heavy atom. The third-order valence-electron chi connectivity index (χ3n) is 5.15. The molecule has 5 heteroatoms. The SMILES string of the molecule is C=CCN1C2CCCC1CC(NC(=O)Nc1ccc(OC)cc1)C2. The topological polar surface area (TPSA) is 53.6 Å². The maximum Gasteiger partial charge on any atom is 0.319 e. The average Bonchev–Trinajstić information content (AvgIpc) is 2.56. The van der Waals surface area contributed by atoms with Gasteiger partial charge in [-0.25, -0.2) is 4.79 Å². The van der Waals surface area contributed by atoms with Crippen LogP contribution >= 0.6 is 0 Å². The number of ether oxygens (including phenoxy) is 1. The van der Waals surface area contributed by atoms with E-state index in [4.69, 9.17) is 4.74 Å². The summed E-state index contributed by atoms with van der Waals surface area (Å²) in [4.78, 5) is 14.8. The number of rotatable bonds is 5. The molecular formula is C19H27N3O2.